The third-order valence-corrected chi connectivity index (χ3v) is 7.86. The van der Waals surface area contributed by atoms with Crippen molar-refractivity contribution in [1.82, 2.24) is 4.90 Å². The van der Waals surface area contributed by atoms with E-state index in [2.05, 4.69) is 25.3 Å². The summed E-state index contributed by atoms with van der Waals surface area (Å²) in [6.45, 7) is 11.2. The third-order valence-electron chi connectivity index (χ3n) is 7.86. The number of benzene rings is 1. The number of fused-ring (bicyclic) bond motifs is 1. The van der Waals surface area contributed by atoms with Gasteiger partial charge in [0, 0.05) is 31.0 Å². The highest BCUT2D eigenvalue weighted by Gasteiger charge is 2.75. The lowest BCUT2D eigenvalue weighted by Crippen LogP contribution is -2.58. The van der Waals surface area contributed by atoms with Crippen LogP contribution in [0.25, 0.3) is 0 Å². The number of amides is 2. The fourth-order valence-corrected chi connectivity index (χ4v) is 6.25. The van der Waals surface area contributed by atoms with Crippen LogP contribution in [-0.2, 0) is 19.1 Å². The van der Waals surface area contributed by atoms with Gasteiger partial charge in [-0.1, -0.05) is 6.08 Å². The number of ether oxygens (including phenoxy) is 1. The van der Waals surface area contributed by atoms with Gasteiger partial charge in [-0.05, 0) is 57.9 Å². The minimum absolute atomic E-state index is 0.210. The largest absolute Gasteiger partial charge is 0.481 e. The van der Waals surface area contributed by atoms with E-state index in [0.717, 1.165) is 18.8 Å². The van der Waals surface area contributed by atoms with E-state index in [-0.39, 0.29) is 19.1 Å². The molecule has 1 aromatic rings. The molecular weight excluding hydrogens is 450 g/mol. The Kier molecular flexibility index (Phi) is 6.92. The third kappa shape index (κ3) is 3.81. The number of nitrogens with zero attached hydrogens (tertiary/aromatic N) is 3. The lowest BCUT2D eigenvalue weighted by molar-refractivity contribution is -0.150. The number of aliphatic hydroxyl groups excluding tert-OH is 1. The molecule has 0 unspecified atom stereocenters. The summed E-state index contributed by atoms with van der Waals surface area (Å²) in [6, 6.07) is 5.96. The minimum Gasteiger partial charge on any atom is -0.481 e. The Hall–Kier alpha value is -2.91. The van der Waals surface area contributed by atoms with Crippen LogP contribution in [0.2, 0.25) is 0 Å². The van der Waals surface area contributed by atoms with Crippen LogP contribution in [0.5, 0.6) is 0 Å². The van der Waals surface area contributed by atoms with Crippen LogP contribution < -0.4 is 9.80 Å². The number of hydrogen-bond acceptors (Lipinski definition) is 6. The molecule has 9 heteroatoms. The van der Waals surface area contributed by atoms with Gasteiger partial charge in [0.05, 0.1) is 30.6 Å². The molecule has 4 rings (SSSR count). The second kappa shape index (κ2) is 9.62. The molecule has 0 aromatic heterocycles. The topological polar surface area (TPSA) is 111 Å². The van der Waals surface area contributed by atoms with Crippen molar-refractivity contribution in [1.29, 1.82) is 0 Å². The molecule has 1 aromatic carbocycles. The fourth-order valence-electron chi connectivity index (χ4n) is 6.25. The number of carbonyl (C=O) groups excluding carboxylic acids is 2. The highest BCUT2D eigenvalue weighted by molar-refractivity contribution is 6.04. The molecule has 2 N–H and O–H groups in total. The molecule has 2 amide bonds. The van der Waals surface area contributed by atoms with Gasteiger partial charge in [-0.25, -0.2) is 0 Å². The van der Waals surface area contributed by atoms with Gasteiger partial charge in [0.1, 0.15) is 11.6 Å². The van der Waals surface area contributed by atoms with E-state index < -0.39 is 47.5 Å². The molecule has 0 aliphatic carbocycles. The van der Waals surface area contributed by atoms with Gasteiger partial charge in [0.2, 0.25) is 5.91 Å². The van der Waals surface area contributed by atoms with Crippen molar-refractivity contribution < 1.29 is 29.3 Å². The molecule has 0 radical (unpaired) electrons. The standard InChI is InChI=1S/C26H35N3O6/c1-5-14-28(18-10-8-17(9-11-18)27(6-2)7-3)24(32)22-26-13-12-19(35-26)20(25(33)34)21(26)23(31)29(22)16(4)15-30/h5,8-11,16,19-22,30H,1,6-7,12-15H2,2-4H3,(H,33,34)/t16-,19+,20-,21-,22+,26-/m1/s1. The van der Waals surface area contributed by atoms with E-state index in [1.807, 2.05) is 24.3 Å². The van der Waals surface area contributed by atoms with Crippen LogP contribution in [-0.4, -0.2) is 82.9 Å². The van der Waals surface area contributed by atoms with E-state index in [4.69, 9.17) is 4.74 Å². The number of aliphatic carboxylic acids is 1. The molecule has 9 nitrogen and oxygen atoms in total. The maximum atomic E-state index is 14.2. The van der Waals surface area contributed by atoms with Crippen molar-refractivity contribution >= 4 is 29.2 Å². The zero-order chi connectivity index (χ0) is 25.5. The molecular formula is C26H35N3O6. The Balaban J connectivity index is 1.75. The molecule has 190 valence electrons. The summed E-state index contributed by atoms with van der Waals surface area (Å²) in [7, 11) is 0. The lowest BCUT2D eigenvalue weighted by Gasteiger charge is -2.38. The van der Waals surface area contributed by atoms with Crippen LogP contribution in [0, 0.1) is 11.8 Å². The second-order valence-corrected chi connectivity index (χ2v) is 9.60. The first-order valence-electron chi connectivity index (χ1n) is 12.4. The van der Waals surface area contributed by atoms with Gasteiger partial charge in [0.25, 0.3) is 5.91 Å². The molecule has 0 saturated carbocycles. The number of hydrogen-bond donors (Lipinski definition) is 2. The van der Waals surface area contributed by atoms with Crippen molar-refractivity contribution in [3.8, 4) is 0 Å². The van der Waals surface area contributed by atoms with E-state index in [0.29, 0.717) is 18.5 Å². The van der Waals surface area contributed by atoms with E-state index in [9.17, 15) is 24.6 Å². The van der Waals surface area contributed by atoms with Gasteiger partial charge >= 0.3 is 5.97 Å². The first kappa shape index (κ1) is 25.2. The minimum atomic E-state index is -1.22. The maximum absolute atomic E-state index is 14.2. The molecule has 35 heavy (non-hydrogen) atoms. The Bertz CT molecular complexity index is 993. The summed E-state index contributed by atoms with van der Waals surface area (Å²) in [5.74, 6) is -3.83. The number of likely N-dealkylation sites (tertiary alicyclic amines) is 1. The lowest BCUT2D eigenvalue weighted by atomic mass is 9.70. The van der Waals surface area contributed by atoms with Crippen LogP contribution in [0.15, 0.2) is 36.9 Å². The summed E-state index contributed by atoms with van der Waals surface area (Å²) in [4.78, 5) is 45.0. The van der Waals surface area contributed by atoms with Gasteiger partial charge < -0.3 is 29.6 Å². The molecule has 3 fully saturated rings. The van der Waals surface area contributed by atoms with Crippen molar-refractivity contribution in [3.05, 3.63) is 36.9 Å². The SMILES string of the molecule is C=CCN(C(=O)[C@@H]1N([C@H](C)CO)C(=O)[C@H]2[C@H](C(=O)O)[C@@H]3CC[C@]12O3)c1ccc(N(CC)CC)cc1. The van der Waals surface area contributed by atoms with Gasteiger partial charge in [0.15, 0.2) is 0 Å². The zero-order valence-corrected chi connectivity index (χ0v) is 20.6. The molecule has 1 spiro atoms. The maximum Gasteiger partial charge on any atom is 0.310 e. The van der Waals surface area contributed by atoms with E-state index in [1.54, 1.807) is 17.9 Å². The molecule has 2 bridgehead atoms. The Morgan fingerprint density at radius 1 is 1.26 bits per heavy atom. The Morgan fingerprint density at radius 2 is 1.89 bits per heavy atom. The van der Waals surface area contributed by atoms with Crippen molar-refractivity contribution in [2.45, 2.75) is 57.4 Å². The number of anilines is 2. The molecule has 6 atom stereocenters. The number of aliphatic hydroxyl groups is 1. The van der Waals surface area contributed by atoms with Crippen molar-refractivity contribution in [3.63, 3.8) is 0 Å². The number of carboxylic acid groups (broad SMARTS) is 1. The van der Waals surface area contributed by atoms with Gasteiger partial charge in [-0.3, -0.25) is 14.4 Å². The average Bonchev–Trinajstić information content (AvgIpc) is 3.50. The summed E-state index contributed by atoms with van der Waals surface area (Å²) in [6.07, 6.45) is 1.93. The quantitative estimate of drug-likeness (QED) is 0.487. The molecule has 3 aliphatic rings. The van der Waals surface area contributed by atoms with E-state index in [1.165, 1.54) is 4.90 Å². The first-order chi connectivity index (χ1) is 16.7. The predicted molar refractivity (Wildman–Crippen MR) is 131 cm³/mol. The van der Waals surface area contributed by atoms with Crippen molar-refractivity contribution in [2.24, 2.45) is 11.8 Å². The smallest absolute Gasteiger partial charge is 0.310 e. The number of rotatable bonds is 10. The second-order valence-electron chi connectivity index (χ2n) is 9.60. The average molecular weight is 486 g/mol. The Labute approximate surface area is 205 Å². The van der Waals surface area contributed by atoms with Gasteiger partial charge in [-0.15, -0.1) is 6.58 Å². The summed E-state index contributed by atoms with van der Waals surface area (Å²) in [5, 5.41) is 19.8. The highest BCUT2D eigenvalue weighted by atomic mass is 16.5. The first-order valence-corrected chi connectivity index (χ1v) is 12.4. The monoisotopic (exact) mass is 485 g/mol. The van der Waals surface area contributed by atoms with Crippen molar-refractivity contribution in [2.75, 3.05) is 36.0 Å². The van der Waals surface area contributed by atoms with Crippen LogP contribution in [0.1, 0.15) is 33.6 Å². The van der Waals surface area contributed by atoms with Gasteiger partial charge in [-0.2, -0.15) is 0 Å². The normalized spacial score (nSPS) is 29.7. The van der Waals surface area contributed by atoms with Crippen LogP contribution in [0.3, 0.4) is 0 Å². The number of carbonyl (C=O) groups is 3. The van der Waals surface area contributed by atoms with Crippen LogP contribution in [0.4, 0.5) is 11.4 Å². The molecule has 3 saturated heterocycles. The molecule has 3 aliphatic heterocycles. The summed E-state index contributed by atoms with van der Waals surface area (Å²) >= 11 is 0. The summed E-state index contributed by atoms with van der Waals surface area (Å²) in [5.41, 5.74) is 0.473. The Morgan fingerprint density at radius 3 is 2.43 bits per heavy atom. The van der Waals surface area contributed by atoms with Crippen LogP contribution >= 0.6 is 0 Å². The summed E-state index contributed by atoms with van der Waals surface area (Å²) < 4.78 is 6.23. The zero-order valence-electron chi connectivity index (χ0n) is 20.6. The fraction of sp³-hybridized carbons (Fsp3) is 0.577. The number of carboxylic acids is 1. The molecule has 3 heterocycles. The van der Waals surface area contributed by atoms with E-state index >= 15 is 0 Å². The highest BCUT2D eigenvalue weighted by Crippen LogP contribution is 2.59. The predicted octanol–water partition coefficient (Wildman–Crippen LogP) is 1.89.